The second-order valence-corrected chi connectivity index (χ2v) is 4.51. The molecule has 0 aliphatic rings. The lowest BCUT2D eigenvalue weighted by atomic mass is 10.1. The molecule has 0 bridgehead atoms. The van der Waals surface area contributed by atoms with E-state index in [2.05, 4.69) is 50.9 Å². The van der Waals surface area contributed by atoms with Gasteiger partial charge in [0, 0.05) is 19.3 Å². The molecular weight excluding hydrogens is 184 g/mol. The number of aryl methyl sites for hydroxylation is 2. The largest absolute Gasteiger partial charge is 0.374 e. The molecule has 0 saturated carbocycles. The standard InChI is InChI=1S/C13H22N2/c1-10-5-6-12(3)13(7-10)15(4)9-11(2)8-14/h5-7,11H,8-9,14H2,1-4H3. The van der Waals surface area contributed by atoms with Crippen LogP contribution in [0.4, 0.5) is 5.69 Å². The molecule has 0 aliphatic heterocycles. The second kappa shape index (κ2) is 5.17. The number of hydrogen-bond acceptors (Lipinski definition) is 2. The van der Waals surface area contributed by atoms with Crippen molar-refractivity contribution in [3.63, 3.8) is 0 Å². The molecule has 2 nitrogen and oxygen atoms in total. The van der Waals surface area contributed by atoms with Crippen LogP contribution >= 0.6 is 0 Å². The fourth-order valence-electron chi connectivity index (χ4n) is 1.77. The third kappa shape index (κ3) is 3.24. The first-order valence-electron chi connectivity index (χ1n) is 5.53. The maximum absolute atomic E-state index is 5.64. The van der Waals surface area contributed by atoms with Gasteiger partial charge < -0.3 is 10.6 Å². The summed E-state index contributed by atoms with van der Waals surface area (Å²) in [6.07, 6.45) is 0. The van der Waals surface area contributed by atoms with Gasteiger partial charge in [0.15, 0.2) is 0 Å². The second-order valence-electron chi connectivity index (χ2n) is 4.51. The van der Waals surface area contributed by atoms with Crippen LogP contribution in [0.25, 0.3) is 0 Å². The van der Waals surface area contributed by atoms with Crippen LogP contribution in [0, 0.1) is 19.8 Å². The fourth-order valence-corrected chi connectivity index (χ4v) is 1.77. The normalized spacial score (nSPS) is 12.6. The van der Waals surface area contributed by atoms with E-state index in [9.17, 15) is 0 Å². The Balaban J connectivity index is 2.80. The monoisotopic (exact) mass is 206 g/mol. The SMILES string of the molecule is Cc1ccc(C)c(N(C)CC(C)CN)c1. The van der Waals surface area contributed by atoms with Gasteiger partial charge in [-0.25, -0.2) is 0 Å². The molecule has 1 aromatic carbocycles. The van der Waals surface area contributed by atoms with E-state index in [0.29, 0.717) is 5.92 Å². The lowest BCUT2D eigenvalue weighted by Crippen LogP contribution is -2.28. The van der Waals surface area contributed by atoms with E-state index in [-0.39, 0.29) is 0 Å². The minimum Gasteiger partial charge on any atom is -0.374 e. The molecule has 1 aromatic rings. The molecule has 2 N–H and O–H groups in total. The van der Waals surface area contributed by atoms with Crippen molar-refractivity contribution in [3.05, 3.63) is 29.3 Å². The molecule has 1 unspecified atom stereocenters. The Labute approximate surface area is 93.1 Å². The van der Waals surface area contributed by atoms with Crippen molar-refractivity contribution < 1.29 is 0 Å². The summed E-state index contributed by atoms with van der Waals surface area (Å²) in [5.74, 6) is 0.537. The first kappa shape index (κ1) is 12.1. The van der Waals surface area contributed by atoms with Crippen LogP contribution < -0.4 is 10.6 Å². The lowest BCUT2D eigenvalue weighted by molar-refractivity contribution is 0.589. The van der Waals surface area contributed by atoms with E-state index >= 15 is 0 Å². The van der Waals surface area contributed by atoms with Crippen molar-refractivity contribution >= 4 is 5.69 Å². The topological polar surface area (TPSA) is 29.3 Å². The Morgan fingerprint density at radius 3 is 2.60 bits per heavy atom. The average molecular weight is 206 g/mol. The Morgan fingerprint density at radius 2 is 2.00 bits per heavy atom. The van der Waals surface area contributed by atoms with Crippen molar-refractivity contribution in [2.24, 2.45) is 11.7 Å². The van der Waals surface area contributed by atoms with E-state index in [4.69, 9.17) is 5.73 Å². The van der Waals surface area contributed by atoms with E-state index in [1.54, 1.807) is 0 Å². The van der Waals surface area contributed by atoms with Gasteiger partial charge in [-0.05, 0) is 43.5 Å². The van der Waals surface area contributed by atoms with Crippen LogP contribution in [0.15, 0.2) is 18.2 Å². The highest BCUT2D eigenvalue weighted by molar-refractivity contribution is 5.54. The van der Waals surface area contributed by atoms with E-state index < -0.39 is 0 Å². The first-order valence-corrected chi connectivity index (χ1v) is 5.53. The van der Waals surface area contributed by atoms with Gasteiger partial charge in [0.05, 0.1) is 0 Å². The van der Waals surface area contributed by atoms with Crippen molar-refractivity contribution in [1.29, 1.82) is 0 Å². The van der Waals surface area contributed by atoms with Crippen molar-refractivity contribution in [2.75, 3.05) is 25.0 Å². The highest BCUT2D eigenvalue weighted by Gasteiger charge is 2.08. The Kier molecular flexibility index (Phi) is 4.15. The lowest BCUT2D eigenvalue weighted by Gasteiger charge is -2.24. The van der Waals surface area contributed by atoms with E-state index in [1.165, 1.54) is 16.8 Å². The van der Waals surface area contributed by atoms with Gasteiger partial charge in [0.2, 0.25) is 0 Å². The molecule has 0 aliphatic carbocycles. The third-order valence-corrected chi connectivity index (χ3v) is 2.76. The summed E-state index contributed by atoms with van der Waals surface area (Å²) in [5.41, 5.74) is 9.59. The number of nitrogens with zero attached hydrogens (tertiary/aromatic N) is 1. The van der Waals surface area contributed by atoms with Gasteiger partial charge in [-0.2, -0.15) is 0 Å². The highest BCUT2D eigenvalue weighted by atomic mass is 15.1. The third-order valence-electron chi connectivity index (χ3n) is 2.76. The minimum atomic E-state index is 0.537. The maximum Gasteiger partial charge on any atom is 0.0396 e. The summed E-state index contributed by atoms with van der Waals surface area (Å²) in [6, 6.07) is 6.56. The molecule has 0 radical (unpaired) electrons. The quantitative estimate of drug-likeness (QED) is 0.819. The zero-order valence-corrected chi connectivity index (χ0v) is 10.2. The van der Waals surface area contributed by atoms with E-state index in [0.717, 1.165) is 13.1 Å². The van der Waals surface area contributed by atoms with Crippen molar-refractivity contribution in [2.45, 2.75) is 20.8 Å². The van der Waals surface area contributed by atoms with Gasteiger partial charge in [-0.15, -0.1) is 0 Å². The Bertz CT molecular complexity index is 320. The molecule has 0 fully saturated rings. The van der Waals surface area contributed by atoms with E-state index in [1.807, 2.05) is 0 Å². The molecule has 2 heteroatoms. The van der Waals surface area contributed by atoms with Gasteiger partial charge in [-0.1, -0.05) is 19.1 Å². The zero-order chi connectivity index (χ0) is 11.4. The molecule has 0 saturated heterocycles. The molecule has 15 heavy (non-hydrogen) atoms. The zero-order valence-electron chi connectivity index (χ0n) is 10.2. The smallest absolute Gasteiger partial charge is 0.0396 e. The molecule has 1 atom stereocenters. The van der Waals surface area contributed by atoms with Crippen molar-refractivity contribution in [1.82, 2.24) is 0 Å². The molecule has 0 heterocycles. The van der Waals surface area contributed by atoms with Gasteiger partial charge in [0.1, 0.15) is 0 Å². The number of anilines is 1. The molecule has 0 spiro atoms. The maximum atomic E-state index is 5.64. The average Bonchev–Trinajstić information content (AvgIpc) is 2.21. The van der Waals surface area contributed by atoms with Gasteiger partial charge >= 0.3 is 0 Å². The fraction of sp³-hybridized carbons (Fsp3) is 0.538. The van der Waals surface area contributed by atoms with Crippen LogP contribution in [-0.2, 0) is 0 Å². The van der Waals surface area contributed by atoms with Crippen molar-refractivity contribution in [3.8, 4) is 0 Å². The predicted octanol–water partition coefficient (Wildman–Crippen LogP) is 2.33. The first-order chi connectivity index (χ1) is 7.04. The predicted molar refractivity (Wildman–Crippen MR) is 67.4 cm³/mol. The summed E-state index contributed by atoms with van der Waals surface area (Å²) >= 11 is 0. The molecule has 0 aromatic heterocycles. The summed E-state index contributed by atoms with van der Waals surface area (Å²) in [5, 5.41) is 0. The molecule has 84 valence electrons. The summed E-state index contributed by atoms with van der Waals surface area (Å²) in [7, 11) is 2.13. The Hall–Kier alpha value is -1.02. The van der Waals surface area contributed by atoms with Crippen LogP contribution in [0.5, 0.6) is 0 Å². The number of nitrogens with two attached hydrogens (primary N) is 1. The minimum absolute atomic E-state index is 0.537. The van der Waals surface area contributed by atoms with Crippen LogP contribution in [0.3, 0.4) is 0 Å². The highest BCUT2D eigenvalue weighted by Crippen LogP contribution is 2.20. The van der Waals surface area contributed by atoms with Gasteiger partial charge in [-0.3, -0.25) is 0 Å². The number of hydrogen-bond donors (Lipinski definition) is 1. The summed E-state index contributed by atoms with van der Waals surface area (Å²) in [4.78, 5) is 2.29. The number of benzene rings is 1. The molecule has 1 rings (SSSR count). The number of rotatable bonds is 4. The molecule has 0 amide bonds. The summed E-state index contributed by atoms with van der Waals surface area (Å²) < 4.78 is 0. The summed E-state index contributed by atoms with van der Waals surface area (Å²) in [6.45, 7) is 8.22. The van der Waals surface area contributed by atoms with Crippen LogP contribution in [0.2, 0.25) is 0 Å². The van der Waals surface area contributed by atoms with Crippen LogP contribution in [-0.4, -0.2) is 20.1 Å². The molecular formula is C13H22N2. The van der Waals surface area contributed by atoms with Gasteiger partial charge in [0.25, 0.3) is 0 Å². The Morgan fingerprint density at radius 1 is 1.33 bits per heavy atom. The van der Waals surface area contributed by atoms with Crippen LogP contribution in [0.1, 0.15) is 18.1 Å².